The van der Waals surface area contributed by atoms with Gasteiger partial charge in [-0.2, -0.15) is 0 Å². The summed E-state index contributed by atoms with van der Waals surface area (Å²) in [4.78, 5) is 6.60. The van der Waals surface area contributed by atoms with E-state index in [9.17, 15) is 0 Å². The molecule has 2 rings (SSSR count). The van der Waals surface area contributed by atoms with Gasteiger partial charge in [0.15, 0.2) is 0 Å². The Morgan fingerprint density at radius 3 is 2.79 bits per heavy atom. The van der Waals surface area contributed by atoms with Gasteiger partial charge in [0.25, 0.3) is 0 Å². The maximum absolute atomic E-state index is 5.56. The van der Waals surface area contributed by atoms with Crippen molar-refractivity contribution in [3.63, 3.8) is 0 Å². The molecule has 1 aliphatic heterocycles. The highest BCUT2D eigenvalue weighted by Gasteiger charge is 2.10. The average molecular weight is 193 g/mol. The summed E-state index contributed by atoms with van der Waals surface area (Å²) in [6, 6.07) is 3.87. The average Bonchev–Trinajstić information content (AvgIpc) is 2.23. The van der Waals surface area contributed by atoms with Gasteiger partial charge in [-0.25, -0.2) is 0 Å². The zero-order valence-corrected chi connectivity index (χ0v) is 8.15. The number of anilines is 1. The molecule has 14 heavy (non-hydrogen) atoms. The third-order valence-electron chi connectivity index (χ3n) is 2.34. The molecule has 1 saturated heterocycles. The van der Waals surface area contributed by atoms with Crippen LogP contribution in [0.15, 0.2) is 18.3 Å². The van der Waals surface area contributed by atoms with Crippen molar-refractivity contribution in [1.29, 1.82) is 0 Å². The quantitative estimate of drug-likeness (QED) is 0.743. The predicted molar refractivity (Wildman–Crippen MR) is 54.7 cm³/mol. The first-order valence-corrected chi connectivity index (χ1v) is 4.85. The Bertz CT molecular complexity index is 280. The molecule has 4 nitrogen and oxygen atoms in total. The van der Waals surface area contributed by atoms with E-state index >= 15 is 0 Å². The summed E-state index contributed by atoms with van der Waals surface area (Å²) in [5, 5.41) is 0. The zero-order valence-electron chi connectivity index (χ0n) is 8.15. The standard InChI is InChI=1S/C10H15N3O/c11-9-1-2-10(12-7-9)8-13-3-5-14-6-4-13/h1-2,7H,3-6,8,11H2. The molecule has 1 fully saturated rings. The molecule has 0 bridgehead atoms. The van der Waals surface area contributed by atoms with Crippen LogP contribution in [0.3, 0.4) is 0 Å². The number of nitrogens with zero attached hydrogens (tertiary/aromatic N) is 2. The summed E-state index contributed by atoms with van der Waals surface area (Å²) in [5.74, 6) is 0. The fraction of sp³-hybridized carbons (Fsp3) is 0.500. The molecule has 0 atom stereocenters. The molecule has 0 radical (unpaired) electrons. The van der Waals surface area contributed by atoms with Crippen LogP contribution in [0, 0.1) is 0 Å². The lowest BCUT2D eigenvalue weighted by Gasteiger charge is -2.26. The molecular weight excluding hydrogens is 178 g/mol. The highest BCUT2D eigenvalue weighted by Crippen LogP contribution is 2.06. The molecule has 0 aliphatic carbocycles. The van der Waals surface area contributed by atoms with Crippen molar-refractivity contribution in [2.75, 3.05) is 32.0 Å². The number of hydrogen-bond acceptors (Lipinski definition) is 4. The first-order chi connectivity index (χ1) is 6.84. The topological polar surface area (TPSA) is 51.4 Å². The molecule has 2 N–H and O–H groups in total. The van der Waals surface area contributed by atoms with Gasteiger partial charge in [0.2, 0.25) is 0 Å². The van der Waals surface area contributed by atoms with E-state index in [1.165, 1.54) is 0 Å². The van der Waals surface area contributed by atoms with Crippen LogP contribution < -0.4 is 5.73 Å². The Hall–Kier alpha value is -1.13. The Kier molecular flexibility index (Phi) is 2.96. The molecule has 4 heteroatoms. The molecule has 0 saturated carbocycles. The second kappa shape index (κ2) is 4.39. The third-order valence-corrected chi connectivity index (χ3v) is 2.34. The van der Waals surface area contributed by atoms with Crippen LogP contribution in [-0.4, -0.2) is 36.2 Å². The molecule has 1 aromatic heterocycles. The molecule has 2 heterocycles. The molecule has 0 amide bonds. The second-order valence-electron chi connectivity index (χ2n) is 3.47. The third kappa shape index (κ3) is 2.43. The Morgan fingerprint density at radius 1 is 1.36 bits per heavy atom. The van der Waals surface area contributed by atoms with E-state index in [0.717, 1.165) is 44.2 Å². The summed E-state index contributed by atoms with van der Waals surface area (Å²) in [7, 11) is 0. The maximum Gasteiger partial charge on any atom is 0.0594 e. The van der Waals surface area contributed by atoms with E-state index in [2.05, 4.69) is 9.88 Å². The molecule has 1 aromatic rings. The summed E-state index contributed by atoms with van der Waals surface area (Å²) in [5.41, 5.74) is 7.35. The molecule has 1 aliphatic rings. The largest absolute Gasteiger partial charge is 0.397 e. The van der Waals surface area contributed by atoms with E-state index in [4.69, 9.17) is 10.5 Å². The van der Waals surface area contributed by atoms with Crippen molar-refractivity contribution in [1.82, 2.24) is 9.88 Å². The van der Waals surface area contributed by atoms with E-state index in [1.54, 1.807) is 6.20 Å². The first-order valence-electron chi connectivity index (χ1n) is 4.85. The van der Waals surface area contributed by atoms with Gasteiger partial charge in [0.1, 0.15) is 0 Å². The fourth-order valence-electron chi connectivity index (χ4n) is 1.52. The van der Waals surface area contributed by atoms with Gasteiger partial charge in [0, 0.05) is 19.6 Å². The summed E-state index contributed by atoms with van der Waals surface area (Å²) < 4.78 is 5.27. The number of nitrogens with two attached hydrogens (primary N) is 1. The van der Waals surface area contributed by atoms with Crippen molar-refractivity contribution in [2.24, 2.45) is 0 Å². The van der Waals surface area contributed by atoms with Crippen molar-refractivity contribution in [3.8, 4) is 0 Å². The molecule has 0 unspecified atom stereocenters. The molecule has 0 aromatic carbocycles. The van der Waals surface area contributed by atoms with Gasteiger partial charge >= 0.3 is 0 Å². The fourth-order valence-corrected chi connectivity index (χ4v) is 1.52. The number of aromatic nitrogens is 1. The van der Waals surface area contributed by atoms with Gasteiger partial charge in [-0.1, -0.05) is 0 Å². The number of morpholine rings is 1. The first kappa shape index (κ1) is 9.43. The smallest absolute Gasteiger partial charge is 0.0594 e. The van der Waals surface area contributed by atoms with Crippen molar-refractivity contribution >= 4 is 5.69 Å². The molecular formula is C10H15N3O. The zero-order chi connectivity index (χ0) is 9.80. The minimum absolute atomic E-state index is 0.718. The normalized spacial score (nSPS) is 18.3. The van der Waals surface area contributed by atoms with Gasteiger partial charge in [-0.05, 0) is 12.1 Å². The van der Waals surface area contributed by atoms with E-state index < -0.39 is 0 Å². The van der Waals surface area contributed by atoms with Crippen LogP contribution >= 0.6 is 0 Å². The van der Waals surface area contributed by atoms with Crippen molar-refractivity contribution < 1.29 is 4.74 Å². The Morgan fingerprint density at radius 2 is 2.14 bits per heavy atom. The minimum atomic E-state index is 0.718. The lowest BCUT2D eigenvalue weighted by molar-refractivity contribution is 0.0336. The van der Waals surface area contributed by atoms with Gasteiger partial charge in [-0.3, -0.25) is 9.88 Å². The number of pyridine rings is 1. The SMILES string of the molecule is Nc1ccc(CN2CCOCC2)nc1. The van der Waals surface area contributed by atoms with Gasteiger partial charge < -0.3 is 10.5 Å². The van der Waals surface area contributed by atoms with Crippen LogP contribution in [0.4, 0.5) is 5.69 Å². The number of ether oxygens (including phenoxy) is 1. The Balaban J connectivity index is 1.92. The highest BCUT2D eigenvalue weighted by atomic mass is 16.5. The van der Waals surface area contributed by atoms with Crippen molar-refractivity contribution in [3.05, 3.63) is 24.0 Å². The number of rotatable bonds is 2. The van der Waals surface area contributed by atoms with Gasteiger partial charge in [-0.15, -0.1) is 0 Å². The second-order valence-corrected chi connectivity index (χ2v) is 3.47. The van der Waals surface area contributed by atoms with E-state index in [1.807, 2.05) is 12.1 Å². The van der Waals surface area contributed by atoms with E-state index in [-0.39, 0.29) is 0 Å². The lowest BCUT2D eigenvalue weighted by atomic mass is 10.3. The van der Waals surface area contributed by atoms with Crippen LogP contribution in [0.2, 0.25) is 0 Å². The maximum atomic E-state index is 5.56. The molecule has 76 valence electrons. The summed E-state index contributed by atoms with van der Waals surface area (Å²) >= 11 is 0. The van der Waals surface area contributed by atoms with E-state index in [0.29, 0.717) is 0 Å². The molecule has 0 spiro atoms. The number of nitrogen functional groups attached to an aromatic ring is 1. The predicted octanol–water partition coefficient (Wildman–Crippen LogP) is 0.496. The number of hydrogen-bond donors (Lipinski definition) is 1. The Labute approximate surface area is 83.7 Å². The van der Waals surface area contributed by atoms with Gasteiger partial charge in [0.05, 0.1) is 30.8 Å². The monoisotopic (exact) mass is 193 g/mol. The summed E-state index contributed by atoms with van der Waals surface area (Å²) in [6.45, 7) is 4.53. The van der Waals surface area contributed by atoms with Crippen LogP contribution in [0.25, 0.3) is 0 Å². The van der Waals surface area contributed by atoms with Crippen LogP contribution in [0.5, 0.6) is 0 Å². The highest BCUT2D eigenvalue weighted by molar-refractivity contribution is 5.34. The van der Waals surface area contributed by atoms with Crippen LogP contribution in [0.1, 0.15) is 5.69 Å². The van der Waals surface area contributed by atoms with Crippen LogP contribution in [-0.2, 0) is 11.3 Å². The summed E-state index contributed by atoms with van der Waals surface area (Å²) in [6.07, 6.45) is 1.70. The van der Waals surface area contributed by atoms with Crippen molar-refractivity contribution in [2.45, 2.75) is 6.54 Å². The lowest BCUT2D eigenvalue weighted by Crippen LogP contribution is -2.35. The minimum Gasteiger partial charge on any atom is -0.397 e.